The lowest BCUT2D eigenvalue weighted by Crippen LogP contribution is -2.33. The number of benzene rings is 1. The molecule has 0 heterocycles. The third kappa shape index (κ3) is 2.16. The molecule has 1 aliphatic rings. The Morgan fingerprint density at radius 2 is 2.00 bits per heavy atom. The van der Waals surface area contributed by atoms with Gasteiger partial charge in [0.2, 0.25) is 0 Å². The Kier molecular flexibility index (Phi) is 3.09. The first-order valence-electron chi connectivity index (χ1n) is 5.37. The Hall–Kier alpha value is -1.57. The summed E-state index contributed by atoms with van der Waals surface area (Å²) >= 11 is 0. The van der Waals surface area contributed by atoms with Gasteiger partial charge in [0.1, 0.15) is 17.9 Å². The van der Waals surface area contributed by atoms with Crippen LogP contribution in [0.25, 0.3) is 0 Å². The number of para-hydroxylation sites is 1. The average Bonchev–Trinajstić information content (AvgIpc) is 2.58. The predicted octanol–water partition coefficient (Wildman–Crippen LogP) is 0.754. The van der Waals surface area contributed by atoms with E-state index in [-0.39, 0.29) is 18.2 Å². The van der Waals surface area contributed by atoms with Gasteiger partial charge in [-0.05, 0) is 18.6 Å². The number of nitrogens with two attached hydrogens (primary N) is 2. The van der Waals surface area contributed by atoms with E-state index in [0.717, 1.165) is 12.8 Å². The molecular formula is C12H15N3O. The minimum absolute atomic E-state index is 0.0400. The number of rotatable bonds is 2. The molecule has 4 nitrogen and oxygen atoms in total. The molecule has 4 heteroatoms. The highest BCUT2D eigenvalue weighted by atomic mass is 16.5. The fourth-order valence-corrected chi connectivity index (χ4v) is 2.03. The molecule has 0 spiro atoms. The maximum Gasteiger partial charge on any atom is 0.137 e. The molecule has 0 saturated heterocycles. The van der Waals surface area contributed by atoms with Gasteiger partial charge in [-0.15, -0.1) is 0 Å². The number of hydrogen-bond donors (Lipinski definition) is 2. The minimum atomic E-state index is -0.0792. The van der Waals surface area contributed by atoms with Crippen molar-refractivity contribution in [1.29, 1.82) is 5.26 Å². The van der Waals surface area contributed by atoms with Crippen molar-refractivity contribution in [2.75, 3.05) is 0 Å². The van der Waals surface area contributed by atoms with E-state index in [4.69, 9.17) is 21.5 Å². The van der Waals surface area contributed by atoms with Crippen LogP contribution in [0, 0.1) is 11.3 Å². The molecule has 1 aromatic carbocycles. The molecule has 1 aliphatic carbocycles. The zero-order valence-electron chi connectivity index (χ0n) is 8.97. The van der Waals surface area contributed by atoms with Crippen LogP contribution < -0.4 is 16.2 Å². The molecule has 0 amide bonds. The van der Waals surface area contributed by atoms with E-state index in [2.05, 4.69) is 6.07 Å². The zero-order chi connectivity index (χ0) is 11.5. The van der Waals surface area contributed by atoms with Crippen molar-refractivity contribution in [2.45, 2.75) is 31.0 Å². The standard InChI is InChI=1S/C12H15N3O/c13-7-8-3-1-2-4-11(8)16-12-6-9(14)5-10(12)15/h1-4,9-10,12H,5-6,14-15H2/t9?,10?,12-/m0/s1. The summed E-state index contributed by atoms with van der Waals surface area (Å²) in [5, 5.41) is 8.92. The Balaban J connectivity index is 2.12. The topological polar surface area (TPSA) is 85.1 Å². The van der Waals surface area contributed by atoms with Gasteiger partial charge < -0.3 is 16.2 Å². The minimum Gasteiger partial charge on any atom is -0.487 e. The van der Waals surface area contributed by atoms with E-state index < -0.39 is 0 Å². The lowest BCUT2D eigenvalue weighted by atomic mass is 10.2. The number of hydrogen-bond acceptors (Lipinski definition) is 4. The molecule has 0 radical (unpaired) electrons. The van der Waals surface area contributed by atoms with Crippen LogP contribution in [0.5, 0.6) is 5.75 Å². The zero-order valence-corrected chi connectivity index (χ0v) is 8.97. The van der Waals surface area contributed by atoms with Crippen LogP contribution in [0.3, 0.4) is 0 Å². The van der Waals surface area contributed by atoms with Crippen molar-refractivity contribution in [2.24, 2.45) is 11.5 Å². The highest BCUT2D eigenvalue weighted by molar-refractivity contribution is 5.42. The predicted molar refractivity (Wildman–Crippen MR) is 60.8 cm³/mol. The number of ether oxygens (including phenoxy) is 1. The van der Waals surface area contributed by atoms with Crippen LogP contribution in [0.2, 0.25) is 0 Å². The average molecular weight is 217 g/mol. The molecule has 16 heavy (non-hydrogen) atoms. The molecule has 2 rings (SSSR count). The van der Waals surface area contributed by atoms with Crippen molar-refractivity contribution in [1.82, 2.24) is 0 Å². The van der Waals surface area contributed by atoms with Crippen LogP contribution in [0.15, 0.2) is 24.3 Å². The van der Waals surface area contributed by atoms with Crippen LogP contribution in [0.4, 0.5) is 0 Å². The van der Waals surface area contributed by atoms with E-state index >= 15 is 0 Å². The summed E-state index contributed by atoms with van der Waals surface area (Å²) in [7, 11) is 0. The van der Waals surface area contributed by atoms with Gasteiger partial charge in [0, 0.05) is 18.5 Å². The van der Waals surface area contributed by atoms with E-state index in [1.165, 1.54) is 0 Å². The molecule has 4 N–H and O–H groups in total. The maximum atomic E-state index is 8.92. The lowest BCUT2D eigenvalue weighted by Gasteiger charge is -2.18. The first-order chi connectivity index (χ1) is 7.70. The largest absolute Gasteiger partial charge is 0.487 e. The quantitative estimate of drug-likeness (QED) is 0.765. The van der Waals surface area contributed by atoms with Gasteiger partial charge in [-0.2, -0.15) is 5.26 Å². The fraction of sp³-hybridized carbons (Fsp3) is 0.417. The van der Waals surface area contributed by atoms with Crippen molar-refractivity contribution < 1.29 is 4.74 Å². The molecular weight excluding hydrogens is 202 g/mol. The van der Waals surface area contributed by atoms with Crippen molar-refractivity contribution in [3.8, 4) is 11.8 Å². The van der Waals surface area contributed by atoms with Gasteiger partial charge in [0.25, 0.3) is 0 Å². The molecule has 1 aromatic rings. The van der Waals surface area contributed by atoms with Crippen molar-refractivity contribution in [3.63, 3.8) is 0 Å². The summed E-state index contributed by atoms with van der Waals surface area (Å²) < 4.78 is 5.75. The van der Waals surface area contributed by atoms with Gasteiger partial charge in [-0.25, -0.2) is 0 Å². The number of nitrogens with zero attached hydrogens (tertiary/aromatic N) is 1. The highest BCUT2D eigenvalue weighted by Crippen LogP contribution is 2.25. The van der Waals surface area contributed by atoms with Crippen molar-refractivity contribution >= 4 is 0 Å². The SMILES string of the molecule is N#Cc1ccccc1O[C@H]1CC(N)CC1N. The third-order valence-electron chi connectivity index (χ3n) is 2.87. The summed E-state index contributed by atoms with van der Waals surface area (Å²) in [4.78, 5) is 0. The smallest absolute Gasteiger partial charge is 0.137 e. The van der Waals surface area contributed by atoms with E-state index in [9.17, 15) is 0 Å². The third-order valence-corrected chi connectivity index (χ3v) is 2.87. The summed E-state index contributed by atoms with van der Waals surface area (Å²) in [5.74, 6) is 0.597. The van der Waals surface area contributed by atoms with Crippen LogP contribution >= 0.6 is 0 Å². The van der Waals surface area contributed by atoms with Crippen LogP contribution in [-0.4, -0.2) is 18.2 Å². The van der Waals surface area contributed by atoms with E-state index in [1.807, 2.05) is 12.1 Å². The lowest BCUT2D eigenvalue weighted by molar-refractivity contribution is 0.190. The van der Waals surface area contributed by atoms with Gasteiger partial charge in [0.05, 0.1) is 5.56 Å². The summed E-state index contributed by atoms with van der Waals surface area (Å²) in [5.41, 5.74) is 12.3. The highest BCUT2D eigenvalue weighted by Gasteiger charge is 2.31. The van der Waals surface area contributed by atoms with Crippen molar-refractivity contribution in [3.05, 3.63) is 29.8 Å². The van der Waals surface area contributed by atoms with Gasteiger partial charge in [-0.1, -0.05) is 12.1 Å². The second-order valence-corrected chi connectivity index (χ2v) is 4.16. The Morgan fingerprint density at radius 1 is 1.25 bits per heavy atom. The van der Waals surface area contributed by atoms with Gasteiger partial charge in [0.15, 0.2) is 0 Å². The second-order valence-electron chi connectivity index (χ2n) is 4.16. The summed E-state index contributed by atoms with van der Waals surface area (Å²) in [6.45, 7) is 0. The molecule has 0 bridgehead atoms. The monoisotopic (exact) mass is 217 g/mol. The molecule has 84 valence electrons. The molecule has 0 aliphatic heterocycles. The Bertz CT molecular complexity index is 413. The van der Waals surface area contributed by atoms with E-state index in [0.29, 0.717) is 11.3 Å². The first kappa shape index (κ1) is 10.9. The Morgan fingerprint density at radius 3 is 2.62 bits per heavy atom. The van der Waals surface area contributed by atoms with Crippen LogP contribution in [-0.2, 0) is 0 Å². The van der Waals surface area contributed by atoms with Gasteiger partial charge >= 0.3 is 0 Å². The molecule has 3 atom stereocenters. The fourth-order valence-electron chi connectivity index (χ4n) is 2.03. The number of nitriles is 1. The molecule has 1 saturated carbocycles. The summed E-state index contributed by atoms with van der Waals surface area (Å²) in [6, 6.07) is 9.34. The molecule has 1 fully saturated rings. The first-order valence-corrected chi connectivity index (χ1v) is 5.37. The Labute approximate surface area is 94.8 Å². The maximum absolute atomic E-state index is 8.92. The van der Waals surface area contributed by atoms with Crippen LogP contribution in [0.1, 0.15) is 18.4 Å². The summed E-state index contributed by atoms with van der Waals surface area (Å²) in [6.07, 6.45) is 1.45. The second kappa shape index (κ2) is 4.52. The normalized spacial score (nSPS) is 28.7. The molecule has 0 aromatic heterocycles. The van der Waals surface area contributed by atoms with Gasteiger partial charge in [-0.3, -0.25) is 0 Å². The molecule has 2 unspecified atom stereocenters. The van der Waals surface area contributed by atoms with E-state index in [1.54, 1.807) is 12.1 Å².